The van der Waals surface area contributed by atoms with Crippen molar-refractivity contribution in [1.82, 2.24) is 19.9 Å². The molecule has 16 nitrogen and oxygen atoms in total. The molecule has 416 valence electrons. The minimum atomic E-state index is -1.34. The summed E-state index contributed by atoms with van der Waals surface area (Å²) in [4.78, 5) is 59.8. The number of nitrogens with two attached hydrogens (primary N) is 1. The lowest BCUT2D eigenvalue weighted by atomic mass is 10.2. The van der Waals surface area contributed by atoms with E-state index in [-0.39, 0.29) is 67.2 Å². The number of thioether (sulfide) groups is 2. The van der Waals surface area contributed by atoms with Crippen molar-refractivity contribution in [3.63, 3.8) is 0 Å². The Labute approximate surface area is 475 Å². The van der Waals surface area contributed by atoms with Gasteiger partial charge in [-0.3, -0.25) is 0 Å². The number of benzene rings is 2. The maximum Gasteiger partial charge on any atom is 0.342 e. The normalized spacial score (nSPS) is 10.1. The van der Waals surface area contributed by atoms with Crippen LogP contribution in [0.5, 0.6) is 11.5 Å². The Hall–Kier alpha value is -5.85. The number of nitrogens with one attached hydrogen (secondary N) is 1. The number of aromatic nitrogens is 4. The Balaban J connectivity index is 0.000000343. The van der Waals surface area contributed by atoms with Gasteiger partial charge in [0, 0.05) is 13.1 Å². The Morgan fingerprint density at radius 2 is 0.896 bits per heavy atom. The average Bonchev–Trinajstić information content (AvgIpc) is 3.40. The standard InChI is InChI=1S/C18H21FN2O3S.C10H11ClFNO2S.C8H6Cl2FNO2.C8H11NO.C6H2Cl2FNO2/c1-4-24-18(22)14-10-15(19)17(25-5-2)21-16(14)20-11-12-6-8-13(23-3)9-7-12;1-3-15-10(14)6-5-7(12)9(16-4-2)13-8(6)11;1-2-14-8(13)4-3-5(11)7(10)12-6(4)9;1-10-8-4-2-7(6-9)3-5-8;7-4-2(6(11)12)1-3(9)5(8)10-4/h6-10H,4-5,11H2,1-3H3,(H,20,21);5H,3-4H2,1-2H3;3H,2H2,1H3;2-5H,6,9H2,1H3;1H,(H,11,12). The van der Waals surface area contributed by atoms with Crippen molar-refractivity contribution in [3.8, 4) is 11.5 Å². The number of halogens is 9. The summed E-state index contributed by atoms with van der Waals surface area (Å²) >= 11 is 29.8. The highest BCUT2D eigenvalue weighted by atomic mass is 35.5. The monoisotopic (exact) mass is 1210 g/mol. The number of hydrogen-bond acceptors (Lipinski definition) is 17. The number of carbonyl (C=O) groups excluding carboxylic acids is 3. The van der Waals surface area contributed by atoms with Gasteiger partial charge < -0.3 is 39.8 Å². The molecular formula is C50H51Cl5F4N6O10S2. The van der Waals surface area contributed by atoms with Gasteiger partial charge in [0.25, 0.3) is 0 Å². The summed E-state index contributed by atoms with van der Waals surface area (Å²) in [6, 6.07) is 19.1. The zero-order valence-electron chi connectivity index (χ0n) is 42.1. The van der Waals surface area contributed by atoms with Gasteiger partial charge in [0.2, 0.25) is 0 Å². The molecule has 0 unspecified atom stereocenters. The van der Waals surface area contributed by atoms with E-state index in [9.17, 15) is 36.7 Å². The summed E-state index contributed by atoms with van der Waals surface area (Å²) in [5.41, 5.74) is 7.02. The summed E-state index contributed by atoms with van der Waals surface area (Å²) in [5.74, 6) is -2.81. The van der Waals surface area contributed by atoms with Gasteiger partial charge in [-0.1, -0.05) is 96.1 Å². The second kappa shape index (κ2) is 35.5. The number of esters is 3. The molecule has 6 rings (SSSR count). The first kappa shape index (κ1) is 67.3. The molecule has 4 N–H and O–H groups in total. The second-order valence-corrected chi connectivity index (χ2v) is 18.4. The van der Waals surface area contributed by atoms with Crippen LogP contribution in [0.25, 0.3) is 0 Å². The number of hydrogen-bond donors (Lipinski definition) is 3. The molecule has 0 atom stereocenters. The van der Waals surface area contributed by atoms with E-state index in [0.29, 0.717) is 30.4 Å². The third-order valence-corrected chi connectivity index (χ3v) is 12.0. The average molecular weight is 1210 g/mol. The van der Waals surface area contributed by atoms with Gasteiger partial charge in [0.05, 0.1) is 50.7 Å². The topological polar surface area (TPSA) is 224 Å². The van der Waals surface area contributed by atoms with E-state index >= 15 is 0 Å². The van der Waals surface area contributed by atoms with E-state index in [2.05, 4.69) is 30.0 Å². The van der Waals surface area contributed by atoms with Gasteiger partial charge in [-0.25, -0.2) is 56.7 Å². The van der Waals surface area contributed by atoms with E-state index in [1.54, 1.807) is 35.0 Å². The van der Waals surface area contributed by atoms with Crippen LogP contribution < -0.4 is 20.5 Å². The molecule has 0 saturated carbocycles. The molecule has 77 heavy (non-hydrogen) atoms. The fourth-order valence-corrected chi connectivity index (χ4v) is 7.65. The molecule has 0 fully saturated rings. The number of carbonyl (C=O) groups is 4. The molecule has 4 heterocycles. The first-order chi connectivity index (χ1) is 36.6. The lowest BCUT2D eigenvalue weighted by molar-refractivity contribution is 0.0516. The molecular weight excluding hydrogens is 1160 g/mol. The molecule has 0 bridgehead atoms. The zero-order chi connectivity index (χ0) is 57.8. The number of anilines is 1. The third-order valence-electron chi connectivity index (χ3n) is 8.91. The van der Waals surface area contributed by atoms with Crippen molar-refractivity contribution in [2.45, 2.75) is 57.8 Å². The van der Waals surface area contributed by atoms with E-state index in [1.165, 1.54) is 29.6 Å². The van der Waals surface area contributed by atoms with Gasteiger partial charge in [0.1, 0.15) is 48.4 Å². The first-order valence-electron chi connectivity index (χ1n) is 22.4. The van der Waals surface area contributed by atoms with Crippen molar-refractivity contribution >= 4 is 111 Å². The van der Waals surface area contributed by atoms with Crippen molar-refractivity contribution in [3.05, 3.63) is 155 Å². The number of aromatic carboxylic acids is 1. The number of rotatable bonds is 17. The molecule has 0 aliphatic heterocycles. The minimum absolute atomic E-state index is 0.0317. The number of pyridine rings is 4. The van der Waals surface area contributed by atoms with Gasteiger partial charge in [-0.05, 0) is 91.9 Å². The van der Waals surface area contributed by atoms with Crippen molar-refractivity contribution in [2.75, 3.05) is 50.9 Å². The molecule has 0 radical (unpaired) electrons. The molecule has 4 aromatic heterocycles. The van der Waals surface area contributed by atoms with Crippen LogP contribution in [-0.2, 0) is 27.3 Å². The Bertz CT molecular complexity index is 2890. The predicted molar refractivity (Wildman–Crippen MR) is 291 cm³/mol. The van der Waals surface area contributed by atoms with E-state index in [4.69, 9.17) is 87.8 Å². The van der Waals surface area contributed by atoms with Crippen molar-refractivity contribution in [1.29, 1.82) is 0 Å². The van der Waals surface area contributed by atoms with Crippen LogP contribution in [0.15, 0.2) is 82.8 Å². The Kier molecular flexibility index (Phi) is 31.0. The largest absolute Gasteiger partial charge is 0.497 e. The third kappa shape index (κ3) is 22.6. The van der Waals surface area contributed by atoms with Crippen LogP contribution in [0.4, 0.5) is 23.4 Å². The lowest BCUT2D eigenvalue weighted by Crippen LogP contribution is -2.13. The second-order valence-electron chi connectivity index (χ2n) is 14.1. The highest BCUT2D eigenvalue weighted by Crippen LogP contribution is 2.28. The summed E-state index contributed by atoms with van der Waals surface area (Å²) in [5, 5.41) is 10.7. The number of nitrogens with zero attached hydrogens (tertiary/aromatic N) is 4. The van der Waals surface area contributed by atoms with Gasteiger partial charge in [-0.15, -0.1) is 23.5 Å². The van der Waals surface area contributed by atoms with Crippen LogP contribution in [0, 0.1) is 23.3 Å². The molecule has 27 heteroatoms. The summed E-state index contributed by atoms with van der Waals surface area (Å²) < 4.78 is 77.6. The predicted octanol–water partition coefficient (Wildman–Crippen LogP) is 13.4. The smallest absolute Gasteiger partial charge is 0.342 e. The zero-order valence-corrected chi connectivity index (χ0v) is 47.5. The summed E-state index contributed by atoms with van der Waals surface area (Å²) in [6.45, 7) is 10.4. The summed E-state index contributed by atoms with van der Waals surface area (Å²) in [7, 11) is 3.26. The fraction of sp³-hybridized carbons (Fsp3) is 0.280. The molecule has 6 aromatic rings. The molecule has 0 aliphatic carbocycles. The lowest BCUT2D eigenvalue weighted by Gasteiger charge is -2.13. The Morgan fingerprint density at radius 1 is 0.532 bits per heavy atom. The van der Waals surface area contributed by atoms with Crippen LogP contribution in [-0.4, -0.2) is 94.5 Å². The Morgan fingerprint density at radius 3 is 1.30 bits per heavy atom. The van der Waals surface area contributed by atoms with Gasteiger partial charge >= 0.3 is 23.9 Å². The molecule has 0 amide bonds. The summed E-state index contributed by atoms with van der Waals surface area (Å²) in [6.07, 6.45) is 0. The van der Waals surface area contributed by atoms with Crippen LogP contribution in [0.1, 0.15) is 87.2 Å². The SMILES string of the molecule is CCOC(=O)c1cc(F)c(Cl)nc1Cl.CCOC(=O)c1cc(F)c(SCC)nc1Cl.CCOC(=O)c1cc(F)c(SCC)nc1NCc1ccc(OC)cc1.COc1ccc(CN)cc1.O=C(O)c1cc(F)c(Cl)nc1Cl. The molecule has 0 saturated heterocycles. The quantitative estimate of drug-likeness (QED) is 0.0254. The van der Waals surface area contributed by atoms with Crippen LogP contribution >= 0.6 is 81.5 Å². The van der Waals surface area contributed by atoms with Crippen molar-refractivity contribution in [2.24, 2.45) is 5.73 Å². The van der Waals surface area contributed by atoms with E-state index < -0.39 is 57.9 Å². The number of carboxylic acid groups (broad SMARTS) is 1. The van der Waals surface area contributed by atoms with E-state index in [0.717, 1.165) is 40.8 Å². The number of methoxy groups -OCH3 is 2. The van der Waals surface area contributed by atoms with Crippen LogP contribution in [0.3, 0.4) is 0 Å². The van der Waals surface area contributed by atoms with Crippen LogP contribution in [0.2, 0.25) is 25.8 Å². The maximum atomic E-state index is 14.1. The molecule has 0 aliphatic rings. The van der Waals surface area contributed by atoms with Gasteiger partial charge in [-0.2, -0.15) is 0 Å². The van der Waals surface area contributed by atoms with E-state index in [1.807, 2.05) is 62.4 Å². The van der Waals surface area contributed by atoms with Crippen molar-refractivity contribution < 1.29 is 65.5 Å². The maximum absolute atomic E-state index is 14.1. The molecule has 2 aromatic carbocycles. The fourth-order valence-electron chi connectivity index (χ4n) is 5.33. The molecule has 0 spiro atoms. The minimum Gasteiger partial charge on any atom is -0.497 e. The first-order valence-corrected chi connectivity index (χ1v) is 26.3. The van der Waals surface area contributed by atoms with Gasteiger partial charge in [0.15, 0.2) is 33.6 Å². The highest BCUT2D eigenvalue weighted by molar-refractivity contribution is 7.99. The number of ether oxygens (including phenoxy) is 5. The number of carboxylic acids is 1. The highest BCUT2D eigenvalue weighted by Gasteiger charge is 2.21.